The predicted octanol–water partition coefficient (Wildman–Crippen LogP) is 2.89. The van der Waals surface area contributed by atoms with Gasteiger partial charge in [-0.05, 0) is 37.1 Å². The lowest BCUT2D eigenvalue weighted by molar-refractivity contribution is -0.144. The maximum absolute atomic E-state index is 11.2. The summed E-state index contributed by atoms with van der Waals surface area (Å²) in [6.45, 7) is 1.61. The summed E-state index contributed by atoms with van der Waals surface area (Å²) >= 11 is 3.40. The Bertz CT molecular complexity index is 391. The average Bonchev–Trinajstić information content (AvgIpc) is 2.32. The first-order valence-corrected chi connectivity index (χ1v) is 6.67. The van der Waals surface area contributed by atoms with Crippen LogP contribution in [0.3, 0.4) is 0 Å². The Morgan fingerprint density at radius 3 is 2.71 bits per heavy atom. The quantitative estimate of drug-likeness (QED) is 0.933. The van der Waals surface area contributed by atoms with Crippen LogP contribution in [0.4, 0.5) is 0 Å². The lowest BCUT2D eigenvalue weighted by Crippen LogP contribution is -2.43. The van der Waals surface area contributed by atoms with Crippen molar-refractivity contribution in [3.8, 4) is 0 Å². The van der Waals surface area contributed by atoms with Crippen molar-refractivity contribution in [3.63, 3.8) is 0 Å². The van der Waals surface area contributed by atoms with E-state index in [1.807, 2.05) is 24.3 Å². The fourth-order valence-electron chi connectivity index (χ4n) is 2.28. The maximum atomic E-state index is 11.2. The first kappa shape index (κ1) is 12.6. The molecule has 92 valence electrons. The van der Waals surface area contributed by atoms with Gasteiger partial charge in [-0.2, -0.15) is 0 Å². The Balaban J connectivity index is 2.05. The zero-order valence-corrected chi connectivity index (χ0v) is 11.2. The number of hydrogen-bond donors (Lipinski definition) is 1. The molecule has 17 heavy (non-hydrogen) atoms. The summed E-state index contributed by atoms with van der Waals surface area (Å²) in [7, 11) is 0. The molecule has 1 saturated heterocycles. The average molecular weight is 298 g/mol. The summed E-state index contributed by atoms with van der Waals surface area (Å²) in [6.07, 6.45) is 2.89. The van der Waals surface area contributed by atoms with Crippen molar-refractivity contribution in [3.05, 3.63) is 34.3 Å². The fourth-order valence-corrected chi connectivity index (χ4v) is 2.55. The molecule has 0 aliphatic carbocycles. The van der Waals surface area contributed by atoms with E-state index in [2.05, 4.69) is 20.8 Å². The summed E-state index contributed by atoms with van der Waals surface area (Å²) in [5.41, 5.74) is 1.17. The monoisotopic (exact) mass is 297 g/mol. The summed E-state index contributed by atoms with van der Waals surface area (Å²) in [6, 6.07) is 7.76. The lowest BCUT2D eigenvalue weighted by atomic mass is 10.0. The molecule has 0 amide bonds. The number of rotatable bonds is 3. The Morgan fingerprint density at radius 2 is 2.06 bits per heavy atom. The number of hydrogen-bond acceptors (Lipinski definition) is 2. The first-order chi connectivity index (χ1) is 8.16. The van der Waals surface area contributed by atoms with E-state index in [-0.39, 0.29) is 6.04 Å². The highest BCUT2D eigenvalue weighted by Crippen LogP contribution is 2.20. The molecular formula is C13H16BrNO2. The molecule has 3 nitrogen and oxygen atoms in total. The second-order valence-electron chi connectivity index (χ2n) is 4.45. The number of benzene rings is 1. The van der Waals surface area contributed by atoms with E-state index in [0.717, 1.165) is 36.8 Å². The summed E-state index contributed by atoms with van der Waals surface area (Å²) in [4.78, 5) is 13.2. The van der Waals surface area contributed by atoms with Gasteiger partial charge in [-0.15, -0.1) is 0 Å². The van der Waals surface area contributed by atoms with Gasteiger partial charge < -0.3 is 5.11 Å². The number of halogens is 1. The van der Waals surface area contributed by atoms with E-state index in [0.29, 0.717) is 0 Å². The van der Waals surface area contributed by atoms with Crippen LogP contribution in [-0.2, 0) is 11.3 Å². The third-order valence-corrected chi connectivity index (χ3v) is 3.73. The van der Waals surface area contributed by atoms with Gasteiger partial charge in [-0.1, -0.05) is 34.5 Å². The van der Waals surface area contributed by atoms with E-state index in [9.17, 15) is 9.90 Å². The van der Waals surface area contributed by atoms with Gasteiger partial charge in [0.1, 0.15) is 6.04 Å². The van der Waals surface area contributed by atoms with Crippen LogP contribution in [0.2, 0.25) is 0 Å². The van der Waals surface area contributed by atoms with Gasteiger partial charge in [0.15, 0.2) is 0 Å². The first-order valence-electron chi connectivity index (χ1n) is 5.88. The third-order valence-electron chi connectivity index (χ3n) is 3.20. The fraction of sp³-hybridized carbons (Fsp3) is 0.462. The summed E-state index contributed by atoms with van der Waals surface area (Å²) in [5.74, 6) is -0.693. The highest BCUT2D eigenvalue weighted by molar-refractivity contribution is 9.10. The minimum atomic E-state index is -0.693. The molecule has 4 heteroatoms. The number of carboxylic acid groups (broad SMARTS) is 1. The molecular weight excluding hydrogens is 282 g/mol. The molecule has 0 bridgehead atoms. The van der Waals surface area contributed by atoms with Gasteiger partial charge in [0.25, 0.3) is 0 Å². The topological polar surface area (TPSA) is 40.5 Å². The van der Waals surface area contributed by atoms with Crippen LogP contribution in [0.15, 0.2) is 28.7 Å². The standard InChI is InChI=1S/C13H16BrNO2/c14-11-6-4-10(5-7-11)9-15-8-2-1-3-12(15)13(16)17/h4-7,12H,1-3,8-9H2,(H,16,17). The van der Waals surface area contributed by atoms with Crippen LogP contribution in [0.1, 0.15) is 24.8 Å². The minimum absolute atomic E-state index is 0.313. The van der Waals surface area contributed by atoms with Gasteiger partial charge >= 0.3 is 5.97 Å². The minimum Gasteiger partial charge on any atom is -0.480 e. The Morgan fingerprint density at radius 1 is 1.35 bits per heavy atom. The maximum Gasteiger partial charge on any atom is 0.320 e. The van der Waals surface area contributed by atoms with Crippen molar-refractivity contribution < 1.29 is 9.90 Å². The molecule has 1 fully saturated rings. The van der Waals surface area contributed by atoms with Gasteiger partial charge in [-0.3, -0.25) is 9.69 Å². The number of nitrogens with zero attached hydrogens (tertiary/aromatic N) is 1. The molecule has 0 radical (unpaired) electrons. The van der Waals surface area contributed by atoms with Gasteiger partial charge in [0.05, 0.1) is 0 Å². The molecule has 2 rings (SSSR count). The largest absolute Gasteiger partial charge is 0.480 e. The molecule has 0 spiro atoms. The van der Waals surface area contributed by atoms with Crippen molar-refractivity contribution >= 4 is 21.9 Å². The molecule has 0 saturated carbocycles. The molecule has 1 aliphatic rings. The highest BCUT2D eigenvalue weighted by atomic mass is 79.9. The Labute approximate surface area is 110 Å². The zero-order valence-electron chi connectivity index (χ0n) is 9.60. The number of aliphatic carboxylic acids is 1. The van der Waals surface area contributed by atoms with E-state index < -0.39 is 5.97 Å². The molecule has 1 aromatic rings. The predicted molar refractivity (Wildman–Crippen MR) is 69.8 cm³/mol. The number of carboxylic acids is 1. The number of carbonyl (C=O) groups is 1. The molecule has 0 aromatic heterocycles. The van der Waals surface area contributed by atoms with Crippen molar-refractivity contribution in [2.75, 3.05) is 6.54 Å². The second-order valence-corrected chi connectivity index (χ2v) is 5.36. The van der Waals surface area contributed by atoms with Crippen LogP contribution >= 0.6 is 15.9 Å². The Kier molecular flexibility index (Phi) is 4.18. The molecule has 1 aromatic carbocycles. The van der Waals surface area contributed by atoms with Gasteiger partial charge in [-0.25, -0.2) is 0 Å². The number of piperidine rings is 1. The van der Waals surface area contributed by atoms with Gasteiger partial charge in [0.2, 0.25) is 0 Å². The van der Waals surface area contributed by atoms with Gasteiger partial charge in [0, 0.05) is 11.0 Å². The van der Waals surface area contributed by atoms with E-state index in [4.69, 9.17) is 0 Å². The van der Waals surface area contributed by atoms with Crippen LogP contribution in [0.25, 0.3) is 0 Å². The van der Waals surface area contributed by atoms with Crippen molar-refractivity contribution in [2.24, 2.45) is 0 Å². The summed E-state index contributed by atoms with van der Waals surface area (Å²) < 4.78 is 1.05. The highest BCUT2D eigenvalue weighted by Gasteiger charge is 2.27. The smallest absolute Gasteiger partial charge is 0.320 e. The normalized spacial score (nSPS) is 21.4. The molecule has 1 N–H and O–H groups in total. The summed E-state index contributed by atoms with van der Waals surface area (Å²) in [5, 5.41) is 9.18. The molecule has 1 atom stereocenters. The SMILES string of the molecule is O=C(O)C1CCCCN1Cc1ccc(Br)cc1. The molecule has 1 unspecified atom stereocenters. The zero-order chi connectivity index (χ0) is 12.3. The lowest BCUT2D eigenvalue weighted by Gasteiger charge is -2.32. The molecule has 1 aliphatic heterocycles. The van der Waals surface area contributed by atoms with Crippen LogP contribution in [0.5, 0.6) is 0 Å². The van der Waals surface area contributed by atoms with Crippen LogP contribution < -0.4 is 0 Å². The third kappa shape index (κ3) is 3.30. The van der Waals surface area contributed by atoms with E-state index in [1.165, 1.54) is 5.56 Å². The van der Waals surface area contributed by atoms with E-state index in [1.54, 1.807) is 0 Å². The van der Waals surface area contributed by atoms with E-state index >= 15 is 0 Å². The van der Waals surface area contributed by atoms with Crippen molar-refractivity contribution in [1.82, 2.24) is 4.90 Å². The van der Waals surface area contributed by atoms with Crippen molar-refractivity contribution in [2.45, 2.75) is 31.8 Å². The van der Waals surface area contributed by atoms with Crippen LogP contribution in [-0.4, -0.2) is 28.6 Å². The number of likely N-dealkylation sites (tertiary alicyclic amines) is 1. The molecule has 1 heterocycles. The van der Waals surface area contributed by atoms with Crippen LogP contribution in [0, 0.1) is 0 Å². The second kappa shape index (κ2) is 5.65. The Hall–Kier alpha value is -0.870. The van der Waals surface area contributed by atoms with Crippen molar-refractivity contribution in [1.29, 1.82) is 0 Å².